The summed E-state index contributed by atoms with van der Waals surface area (Å²) in [4.78, 5) is 24.7. The molecule has 5 atom stereocenters. The van der Waals surface area contributed by atoms with Crippen LogP contribution in [0.5, 0.6) is 0 Å². The molecular weight excluding hydrogens is 356 g/mol. The van der Waals surface area contributed by atoms with E-state index in [1.807, 2.05) is 0 Å². The largest absolute Gasteiger partial charge is 0.465 e. The van der Waals surface area contributed by atoms with Gasteiger partial charge in [-0.15, -0.1) is 0 Å². The van der Waals surface area contributed by atoms with E-state index in [1.165, 1.54) is 25.7 Å². The highest BCUT2D eigenvalue weighted by Gasteiger charge is 2.46. The number of hydrogen-bond donors (Lipinski definition) is 0. The van der Waals surface area contributed by atoms with Gasteiger partial charge in [-0.25, -0.2) is 4.79 Å². The summed E-state index contributed by atoms with van der Waals surface area (Å²) in [6.07, 6.45) is 11.6. The van der Waals surface area contributed by atoms with Gasteiger partial charge in [-0.2, -0.15) is 0 Å². The summed E-state index contributed by atoms with van der Waals surface area (Å²) in [7, 11) is 0. The number of hydrogen-bond acceptors (Lipinski definition) is 5. The Hall–Kier alpha value is -1.36. The smallest absolute Gasteiger partial charge is 0.333 e. The van der Waals surface area contributed by atoms with Crippen LogP contribution in [0.3, 0.4) is 0 Å². The highest BCUT2D eigenvalue weighted by atomic mass is 16.6. The van der Waals surface area contributed by atoms with E-state index in [4.69, 9.17) is 14.2 Å². The number of esters is 2. The average molecular weight is 391 g/mol. The van der Waals surface area contributed by atoms with E-state index in [2.05, 4.69) is 6.58 Å². The molecule has 5 nitrogen and oxygen atoms in total. The number of rotatable bonds is 7. The molecule has 0 N–H and O–H groups in total. The zero-order valence-corrected chi connectivity index (χ0v) is 17.1. The fourth-order valence-electron chi connectivity index (χ4n) is 5.78. The molecule has 0 amide bonds. The number of carbonyl (C=O) groups excluding carboxylic acids is 2. The number of epoxide rings is 1. The minimum Gasteiger partial charge on any atom is -0.465 e. The van der Waals surface area contributed by atoms with Gasteiger partial charge in [0.25, 0.3) is 0 Å². The molecule has 3 saturated carbocycles. The molecule has 1 saturated heterocycles. The van der Waals surface area contributed by atoms with E-state index in [0.29, 0.717) is 55.0 Å². The average Bonchev–Trinajstić information content (AvgIpc) is 3.43. The van der Waals surface area contributed by atoms with Crippen molar-refractivity contribution < 1.29 is 23.8 Å². The summed E-state index contributed by atoms with van der Waals surface area (Å²) >= 11 is 0. The second-order valence-electron chi connectivity index (χ2n) is 9.73. The van der Waals surface area contributed by atoms with E-state index >= 15 is 0 Å². The molecule has 28 heavy (non-hydrogen) atoms. The standard InChI is InChI=1S/C23H34O5/c1-15(2)22(25)28-23(12-16-4-3-5-17(10-16)13-23)9-8-21(24)26-14-18-6-7-19-20(11-18)27-19/h16-20H,1,3-14H2,2H3. The number of ether oxygens (including phenoxy) is 3. The Morgan fingerprint density at radius 3 is 2.50 bits per heavy atom. The molecule has 4 aliphatic rings. The normalized spacial score (nSPS) is 38.8. The maximum absolute atomic E-state index is 12.4. The fraction of sp³-hybridized carbons (Fsp3) is 0.826. The molecule has 5 heteroatoms. The monoisotopic (exact) mass is 390 g/mol. The summed E-state index contributed by atoms with van der Waals surface area (Å²) in [5, 5.41) is 0. The first-order valence-corrected chi connectivity index (χ1v) is 11.1. The van der Waals surface area contributed by atoms with E-state index in [1.54, 1.807) is 6.92 Å². The molecule has 4 fully saturated rings. The third-order valence-corrected chi connectivity index (χ3v) is 7.25. The molecule has 4 rings (SSSR count). The maximum atomic E-state index is 12.4. The van der Waals surface area contributed by atoms with Gasteiger partial charge in [-0.1, -0.05) is 25.8 Å². The van der Waals surface area contributed by atoms with Crippen molar-refractivity contribution in [2.45, 2.75) is 95.4 Å². The van der Waals surface area contributed by atoms with Crippen LogP contribution in [0.4, 0.5) is 0 Å². The van der Waals surface area contributed by atoms with Crippen molar-refractivity contribution in [3.8, 4) is 0 Å². The van der Waals surface area contributed by atoms with Gasteiger partial charge in [0.05, 0.1) is 18.8 Å². The molecule has 1 aliphatic heterocycles. The van der Waals surface area contributed by atoms with Crippen LogP contribution in [0, 0.1) is 17.8 Å². The molecule has 0 radical (unpaired) electrons. The van der Waals surface area contributed by atoms with Crippen LogP contribution in [-0.2, 0) is 23.8 Å². The number of fused-ring (bicyclic) bond motifs is 3. The summed E-state index contributed by atoms with van der Waals surface area (Å²) < 4.78 is 17.1. The van der Waals surface area contributed by atoms with Gasteiger partial charge in [0.2, 0.25) is 0 Å². The summed E-state index contributed by atoms with van der Waals surface area (Å²) in [5.41, 5.74) is -0.0984. The first kappa shape index (κ1) is 19.9. The third-order valence-electron chi connectivity index (χ3n) is 7.25. The summed E-state index contributed by atoms with van der Waals surface area (Å²) in [5.74, 6) is 1.15. The van der Waals surface area contributed by atoms with Crippen LogP contribution in [0.25, 0.3) is 0 Å². The Kier molecular flexibility index (Phi) is 5.82. The van der Waals surface area contributed by atoms with Crippen molar-refractivity contribution >= 4 is 11.9 Å². The van der Waals surface area contributed by atoms with Crippen molar-refractivity contribution in [3.63, 3.8) is 0 Å². The molecule has 156 valence electrons. The van der Waals surface area contributed by atoms with Gasteiger partial charge in [-0.05, 0) is 69.6 Å². The van der Waals surface area contributed by atoms with Crippen molar-refractivity contribution in [2.24, 2.45) is 17.8 Å². The predicted molar refractivity (Wildman–Crippen MR) is 105 cm³/mol. The second-order valence-corrected chi connectivity index (χ2v) is 9.73. The van der Waals surface area contributed by atoms with Crippen LogP contribution in [0.2, 0.25) is 0 Å². The fourth-order valence-corrected chi connectivity index (χ4v) is 5.78. The molecule has 1 heterocycles. The van der Waals surface area contributed by atoms with Crippen LogP contribution in [-0.4, -0.2) is 36.4 Å². The molecule has 0 aromatic heterocycles. The predicted octanol–water partition coefficient (Wildman–Crippen LogP) is 4.34. The Balaban J connectivity index is 1.30. The van der Waals surface area contributed by atoms with Crippen molar-refractivity contribution in [3.05, 3.63) is 12.2 Å². The van der Waals surface area contributed by atoms with E-state index < -0.39 is 5.60 Å². The topological polar surface area (TPSA) is 65.1 Å². The van der Waals surface area contributed by atoms with Crippen LogP contribution < -0.4 is 0 Å². The van der Waals surface area contributed by atoms with Crippen LogP contribution >= 0.6 is 0 Å². The zero-order valence-electron chi connectivity index (χ0n) is 17.1. The molecule has 0 aromatic carbocycles. The van der Waals surface area contributed by atoms with Crippen molar-refractivity contribution in [1.82, 2.24) is 0 Å². The van der Waals surface area contributed by atoms with E-state index in [0.717, 1.165) is 32.1 Å². The Bertz CT molecular complexity index is 614. The molecule has 2 bridgehead atoms. The zero-order chi connectivity index (χ0) is 19.7. The number of carbonyl (C=O) groups is 2. The van der Waals surface area contributed by atoms with E-state index in [9.17, 15) is 9.59 Å². The van der Waals surface area contributed by atoms with Crippen molar-refractivity contribution in [1.29, 1.82) is 0 Å². The molecule has 0 spiro atoms. The van der Waals surface area contributed by atoms with E-state index in [-0.39, 0.29) is 11.9 Å². The Morgan fingerprint density at radius 2 is 1.82 bits per heavy atom. The SMILES string of the molecule is C=C(C)C(=O)OC1(CCC(=O)OCC2CCC3OC3C2)CC2CCCC(C2)C1. The lowest BCUT2D eigenvalue weighted by Gasteiger charge is -2.46. The second kappa shape index (κ2) is 8.17. The minimum atomic E-state index is -0.525. The van der Waals surface area contributed by atoms with Crippen molar-refractivity contribution in [2.75, 3.05) is 6.61 Å². The summed E-state index contributed by atoms with van der Waals surface area (Å²) in [6, 6.07) is 0. The highest BCUT2D eigenvalue weighted by molar-refractivity contribution is 5.87. The van der Waals surface area contributed by atoms with Crippen LogP contribution in [0.1, 0.15) is 77.6 Å². The van der Waals surface area contributed by atoms with Gasteiger partial charge in [0.15, 0.2) is 0 Å². The lowest BCUT2D eigenvalue weighted by Crippen LogP contribution is -2.45. The Labute approximate surface area is 168 Å². The summed E-state index contributed by atoms with van der Waals surface area (Å²) in [6.45, 7) is 5.92. The van der Waals surface area contributed by atoms with Gasteiger partial charge >= 0.3 is 11.9 Å². The van der Waals surface area contributed by atoms with Gasteiger partial charge < -0.3 is 14.2 Å². The Morgan fingerprint density at radius 1 is 1.07 bits per heavy atom. The van der Waals surface area contributed by atoms with Crippen LogP contribution in [0.15, 0.2) is 12.2 Å². The minimum absolute atomic E-state index is 0.166. The van der Waals surface area contributed by atoms with Gasteiger partial charge in [0.1, 0.15) is 5.60 Å². The maximum Gasteiger partial charge on any atom is 0.333 e. The molecule has 3 aliphatic carbocycles. The van der Waals surface area contributed by atoms with Gasteiger partial charge in [-0.3, -0.25) is 4.79 Å². The lowest BCUT2D eigenvalue weighted by molar-refractivity contribution is -0.168. The quantitative estimate of drug-likeness (QED) is 0.368. The molecule has 0 aromatic rings. The molecular formula is C23H34O5. The first-order chi connectivity index (χ1) is 13.4. The first-order valence-electron chi connectivity index (χ1n) is 11.1. The lowest BCUT2D eigenvalue weighted by atomic mass is 9.65. The van der Waals surface area contributed by atoms with Gasteiger partial charge in [0, 0.05) is 12.0 Å². The molecule has 5 unspecified atom stereocenters. The third kappa shape index (κ3) is 4.79. The highest BCUT2D eigenvalue weighted by Crippen LogP contribution is 2.48.